The van der Waals surface area contributed by atoms with E-state index in [4.69, 9.17) is 0 Å². The van der Waals surface area contributed by atoms with E-state index in [0.717, 1.165) is 0 Å². The number of likely N-dealkylation sites (tertiary alicyclic amines) is 1. The Hall–Kier alpha value is -1.04. The van der Waals surface area contributed by atoms with Crippen molar-refractivity contribution in [2.45, 2.75) is 44.1 Å². The lowest BCUT2D eigenvalue weighted by molar-refractivity contribution is -0.138. The van der Waals surface area contributed by atoms with Crippen LogP contribution in [-0.2, 0) is 14.4 Å². The first-order chi connectivity index (χ1) is 8.45. The molecule has 0 spiro atoms. The zero-order valence-electron chi connectivity index (χ0n) is 11.1. The van der Waals surface area contributed by atoms with Gasteiger partial charge in [-0.2, -0.15) is 0 Å². The normalized spacial score (nSPS) is 19.8. The van der Waals surface area contributed by atoms with Crippen molar-refractivity contribution >= 4 is 29.5 Å². The molecule has 1 atom stereocenters. The largest absolute Gasteiger partial charge is 0.356 e. The van der Waals surface area contributed by atoms with Crippen LogP contribution in [0.4, 0.5) is 0 Å². The molecule has 1 N–H and O–H groups in total. The minimum Gasteiger partial charge on any atom is -0.356 e. The number of carbonyl (C=O) groups excluding carboxylic acids is 3. The minimum absolute atomic E-state index is 0.127. The van der Waals surface area contributed by atoms with Gasteiger partial charge in [0.05, 0.1) is 5.25 Å². The highest BCUT2D eigenvalue weighted by atomic mass is 32.2. The maximum Gasteiger partial charge on any atom is 0.242 e. The molecular weight excluding hydrogens is 252 g/mol. The van der Waals surface area contributed by atoms with Gasteiger partial charge >= 0.3 is 0 Å². The van der Waals surface area contributed by atoms with E-state index < -0.39 is 0 Å². The fourth-order valence-electron chi connectivity index (χ4n) is 1.82. The Morgan fingerprint density at radius 3 is 2.72 bits per heavy atom. The van der Waals surface area contributed by atoms with Gasteiger partial charge in [0.25, 0.3) is 0 Å². The standard InChI is InChI=1S/C12H20N2O3S/c1-4-13-10(15)5-6-14-11(16)7-9(12(14)17)18-8(2)3/h8-9H,4-7H2,1-3H3,(H,13,15). The minimum atomic E-state index is -0.272. The van der Waals surface area contributed by atoms with E-state index in [9.17, 15) is 14.4 Å². The van der Waals surface area contributed by atoms with Crippen LogP contribution in [0.25, 0.3) is 0 Å². The van der Waals surface area contributed by atoms with Crippen molar-refractivity contribution in [3.63, 3.8) is 0 Å². The summed E-state index contributed by atoms with van der Waals surface area (Å²) in [4.78, 5) is 36.2. The van der Waals surface area contributed by atoms with Crippen LogP contribution < -0.4 is 5.32 Å². The Morgan fingerprint density at radius 2 is 2.17 bits per heavy atom. The Balaban J connectivity index is 2.49. The van der Waals surface area contributed by atoms with E-state index in [2.05, 4.69) is 5.32 Å². The summed E-state index contributed by atoms with van der Waals surface area (Å²) in [6.07, 6.45) is 0.446. The van der Waals surface area contributed by atoms with Crippen molar-refractivity contribution < 1.29 is 14.4 Å². The molecular formula is C12H20N2O3S. The van der Waals surface area contributed by atoms with Crippen LogP contribution in [0.3, 0.4) is 0 Å². The SMILES string of the molecule is CCNC(=O)CCN1C(=O)CC(SC(C)C)C1=O. The van der Waals surface area contributed by atoms with Crippen LogP contribution in [-0.4, -0.2) is 46.2 Å². The Labute approximate surface area is 112 Å². The Bertz CT molecular complexity index is 344. The Morgan fingerprint density at radius 1 is 1.50 bits per heavy atom. The summed E-state index contributed by atoms with van der Waals surface area (Å²) in [7, 11) is 0. The second kappa shape index (κ2) is 6.78. The van der Waals surface area contributed by atoms with Crippen LogP contribution in [0.15, 0.2) is 0 Å². The van der Waals surface area contributed by atoms with Crippen LogP contribution in [0.1, 0.15) is 33.6 Å². The van der Waals surface area contributed by atoms with Gasteiger partial charge in [-0.05, 0) is 12.2 Å². The summed E-state index contributed by atoms with van der Waals surface area (Å²) in [5.74, 6) is -0.441. The fourth-order valence-corrected chi connectivity index (χ4v) is 2.96. The molecule has 0 radical (unpaired) electrons. The van der Waals surface area contributed by atoms with Gasteiger partial charge < -0.3 is 5.32 Å². The molecule has 6 heteroatoms. The first-order valence-electron chi connectivity index (χ1n) is 6.22. The van der Waals surface area contributed by atoms with Gasteiger partial charge in [-0.15, -0.1) is 11.8 Å². The van der Waals surface area contributed by atoms with Crippen molar-refractivity contribution in [3.8, 4) is 0 Å². The van der Waals surface area contributed by atoms with E-state index in [-0.39, 0.29) is 42.4 Å². The number of nitrogens with one attached hydrogen (secondary N) is 1. The highest BCUT2D eigenvalue weighted by Gasteiger charge is 2.38. The molecule has 1 aliphatic heterocycles. The third kappa shape index (κ3) is 4.01. The topological polar surface area (TPSA) is 66.5 Å². The summed E-state index contributed by atoms with van der Waals surface area (Å²) in [6.45, 7) is 6.59. The molecule has 0 aliphatic carbocycles. The smallest absolute Gasteiger partial charge is 0.242 e. The number of hydrogen-bond donors (Lipinski definition) is 1. The molecule has 0 saturated carbocycles. The molecule has 0 aromatic heterocycles. The van der Waals surface area contributed by atoms with Gasteiger partial charge in [0.15, 0.2) is 0 Å². The maximum absolute atomic E-state index is 12.0. The molecule has 1 unspecified atom stereocenters. The molecule has 0 aromatic carbocycles. The molecule has 3 amide bonds. The number of hydrogen-bond acceptors (Lipinski definition) is 4. The molecule has 1 fully saturated rings. The van der Waals surface area contributed by atoms with Crippen molar-refractivity contribution in [2.75, 3.05) is 13.1 Å². The first-order valence-corrected chi connectivity index (χ1v) is 7.16. The molecule has 18 heavy (non-hydrogen) atoms. The number of rotatable bonds is 6. The lowest BCUT2D eigenvalue weighted by atomic mass is 10.3. The van der Waals surface area contributed by atoms with Crippen molar-refractivity contribution in [3.05, 3.63) is 0 Å². The average Bonchev–Trinajstić information content (AvgIpc) is 2.52. The fraction of sp³-hybridized carbons (Fsp3) is 0.750. The van der Waals surface area contributed by atoms with Crippen LogP contribution >= 0.6 is 11.8 Å². The molecule has 1 heterocycles. The monoisotopic (exact) mass is 272 g/mol. The lowest BCUT2D eigenvalue weighted by Gasteiger charge is -2.15. The van der Waals surface area contributed by atoms with Gasteiger partial charge in [-0.1, -0.05) is 13.8 Å². The van der Waals surface area contributed by atoms with E-state index in [0.29, 0.717) is 11.8 Å². The van der Waals surface area contributed by atoms with Crippen LogP contribution in [0, 0.1) is 0 Å². The highest BCUT2D eigenvalue weighted by Crippen LogP contribution is 2.28. The van der Waals surface area contributed by atoms with Gasteiger partial charge in [-0.3, -0.25) is 19.3 Å². The van der Waals surface area contributed by atoms with E-state index in [1.54, 1.807) is 0 Å². The summed E-state index contributed by atoms with van der Waals surface area (Å²) >= 11 is 1.51. The van der Waals surface area contributed by atoms with E-state index in [1.165, 1.54) is 16.7 Å². The van der Waals surface area contributed by atoms with Crippen LogP contribution in [0.2, 0.25) is 0 Å². The van der Waals surface area contributed by atoms with Gasteiger partial charge in [-0.25, -0.2) is 0 Å². The predicted molar refractivity (Wildman–Crippen MR) is 71.2 cm³/mol. The van der Waals surface area contributed by atoms with Gasteiger partial charge in [0.1, 0.15) is 0 Å². The zero-order valence-corrected chi connectivity index (χ0v) is 11.9. The average molecular weight is 272 g/mol. The number of thioether (sulfide) groups is 1. The van der Waals surface area contributed by atoms with Gasteiger partial charge in [0.2, 0.25) is 17.7 Å². The lowest BCUT2D eigenvalue weighted by Crippen LogP contribution is -2.35. The third-order valence-electron chi connectivity index (χ3n) is 2.58. The second-order valence-electron chi connectivity index (χ2n) is 4.46. The predicted octanol–water partition coefficient (Wildman–Crippen LogP) is 0.782. The molecule has 0 bridgehead atoms. The van der Waals surface area contributed by atoms with Gasteiger partial charge in [0, 0.05) is 25.9 Å². The maximum atomic E-state index is 12.0. The molecule has 1 saturated heterocycles. The highest BCUT2D eigenvalue weighted by molar-refractivity contribution is 8.01. The first kappa shape index (κ1) is 15.0. The quantitative estimate of drug-likeness (QED) is 0.726. The van der Waals surface area contributed by atoms with Crippen molar-refractivity contribution in [2.24, 2.45) is 0 Å². The number of imide groups is 1. The number of nitrogens with zero attached hydrogens (tertiary/aromatic N) is 1. The van der Waals surface area contributed by atoms with Crippen LogP contribution in [0.5, 0.6) is 0 Å². The summed E-state index contributed by atoms with van der Waals surface area (Å²) in [5, 5.41) is 2.69. The van der Waals surface area contributed by atoms with Crippen molar-refractivity contribution in [1.82, 2.24) is 10.2 Å². The molecule has 5 nitrogen and oxygen atoms in total. The molecule has 1 aliphatic rings. The summed E-state index contributed by atoms with van der Waals surface area (Å²) in [6, 6.07) is 0. The Kier molecular flexibility index (Phi) is 5.65. The van der Waals surface area contributed by atoms with Crippen molar-refractivity contribution in [1.29, 1.82) is 0 Å². The summed E-state index contributed by atoms with van der Waals surface area (Å²) < 4.78 is 0. The molecule has 0 aromatic rings. The number of amides is 3. The van der Waals surface area contributed by atoms with E-state index in [1.807, 2.05) is 20.8 Å². The molecule has 1 rings (SSSR count). The molecule has 102 valence electrons. The second-order valence-corrected chi connectivity index (χ2v) is 6.25. The zero-order chi connectivity index (χ0) is 13.7. The summed E-state index contributed by atoms with van der Waals surface area (Å²) in [5.41, 5.74) is 0. The van der Waals surface area contributed by atoms with E-state index >= 15 is 0 Å². The number of carbonyl (C=O) groups is 3. The third-order valence-corrected chi connectivity index (χ3v) is 3.82.